The summed E-state index contributed by atoms with van der Waals surface area (Å²) in [5.74, 6) is 0.398. The summed E-state index contributed by atoms with van der Waals surface area (Å²) in [6.07, 6.45) is 0. The van der Waals surface area contributed by atoms with Gasteiger partial charge in [0.1, 0.15) is 5.75 Å². The summed E-state index contributed by atoms with van der Waals surface area (Å²) in [5.41, 5.74) is 9.02. The van der Waals surface area contributed by atoms with E-state index in [-0.39, 0.29) is 0 Å². The minimum Gasteiger partial charge on any atom is -0.497 e. The van der Waals surface area contributed by atoms with E-state index in [0.717, 1.165) is 29.1 Å². The molecule has 0 atom stereocenters. The molecule has 2 aromatic carbocycles. The van der Waals surface area contributed by atoms with Gasteiger partial charge in [0, 0.05) is 24.3 Å². The van der Waals surface area contributed by atoms with Crippen LogP contribution in [0.15, 0.2) is 42.5 Å². The summed E-state index contributed by atoms with van der Waals surface area (Å²) in [5, 5.41) is 3.39. The Morgan fingerprint density at radius 1 is 1.22 bits per heavy atom. The van der Waals surface area contributed by atoms with Gasteiger partial charge in [-0.15, -0.1) is 0 Å². The molecule has 2 rings (SSSR count). The quantitative estimate of drug-likeness (QED) is 0.824. The maximum atomic E-state index is 11.4. The first kappa shape index (κ1) is 16.8. The van der Waals surface area contributed by atoms with Crippen molar-refractivity contribution in [2.24, 2.45) is 5.73 Å². The zero-order valence-corrected chi connectivity index (χ0v) is 13.8. The molecule has 122 valence electrons. The van der Waals surface area contributed by atoms with Crippen LogP contribution in [0.4, 0.5) is 5.69 Å². The highest BCUT2D eigenvalue weighted by Crippen LogP contribution is 2.21. The van der Waals surface area contributed by atoms with E-state index in [1.807, 2.05) is 44.4 Å². The Morgan fingerprint density at radius 3 is 2.65 bits per heavy atom. The van der Waals surface area contributed by atoms with Gasteiger partial charge in [0.25, 0.3) is 0 Å². The number of carbonyl (C=O) groups is 1. The number of hydrogen-bond acceptors (Lipinski definition) is 4. The van der Waals surface area contributed by atoms with Gasteiger partial charge in [-0.25, -0.2) is 0 Å². The molecule has 0 aliphatic carbocycles. The molecule has 0 unspecified atom stereocenters. The SMILES string of the molecule is COc1cccc(CNc2cc(C(N)=O)ccc2CN(C)C)c1. The summed E-state index contributed by atoms with van der Waals surface area (Å²) in [6, 6.07) is 13.4. The second-order valence-electron chi connectivity index (χ2n) is 5.68. The van der Waals surface area contributed by atoms with E-state index in [9.17, 15) is 4.79 Å². The van der Waals surface area contributed by atoms with Crippen LogP contribution in [0.2, 0.25) is 0 Å². The number of primary amides is 1. The van der Waals surface area contributed by atoms with Gasteiger partial charge in [-0.3, -0.25) is 4.79 Å². The van der Waals surface area contributed by atoms with Gasteiger partial charge < -0.3 is 20.7 Å². The molecule has 5 heteroatoms. The predicted molar refractivity (Wildman–Crippen MR) is 92.7 cm³/mol. The van der Waals surface area contributed by atoms with Gasteiger partial charge in [0.2, 0.25) is 5.91 Å². The monoisotopic (exact) mass is 313 g/mol. The Bertz CT molecular complexity index is 684. The van der Waals surface area contributed by atoms with Crippen LogP contribution in [0.3, 0.4) is 0 Å². The molecular formula is C18H23N3O2. The molecule has 23 heavy (non-hydrogen) atoms. The lowest BCUT2D eigenvalue weighted by Gasteiger charge is -2.17. The molecule has 0 aromatic heterocycles. The topological polar surface area (TPSA) is 67.6 Å². The van der Waals surface area contributed by atoms with E-state index >= 15 is 0 Å². The van der Waals surface area contributed by atoms with Crippen LogP contribution in [0.25, 0.3) is 0 Å². The van der Waals surface area contributed by atoms with Crippen LogP contribution in [0.1, 0.15) is 21.5 Å². The van der Waals surface area contributed by atoms with E-state index < -0.39 is 5.91 Å². The Balaban J connectivity index is 2.21. The number of benzene rings is 2. The van der Waals surface area contributed by atoms with E-state index in [1.165, 1.54) is 0 Å². The lowest BCUT2D eigenvalue weighted by atomic mass is 10.1. The number of carbonyl (C=O) groups excluding carboxylic acids is 1. The standard InChI is InChI=1S/C18H23N3O2/c1-21(2)12-15-8-7-14(18(19)22)10-17(15)20-11-13-5-4-6-16(9-13)23-3/h4-10,20H,11-12H2,1-3H3,(H2,19,22). The zero-order chi connectivity index (χ0) is 16.8. The van der Waals surface area contributed by atoms with Gasteiger partial charge in [-0.1, -0.05) is 18.2 Å². The van der Waals surface area contributed by atoms with Crippen molar-refractivity contribution in [1.29, 1.82) is 0 Å². The summed E-state index contributed by atoms with van der Waals surface area (Å²) < 4.78 is 5.24. The van der Waals surface area contributed by atoms with Crippen LogP contribution in [-0.4, -0.2) is 32.0 Å². The Kier molecular flexibility index (Phi) is 5.60. The smallest absolute Gasteiger partial charge is 0.248 e. The van der Waals surface area contributed by atoms with Gasteiger partial charge >= 0.3 is 0 Å². The van der Waals surface area contributed by atoms with Crippen LogP contribution in [0.5, 0.6) is 5.75 Å². The van der Waals surface area contributed by atoms with Gasteiger partial charge in [-0.2, -0.15) is 0 Å². The molecule has 0 radical (unpaired) electrons. The lowest BCUT2D eigenvalue weighted by Crippen LogP contribution is -2.15. The van der Waals surface area contributed by atoms with Gasteiger partial charge in [-0.05, 0) is 49.5 Å². The summed E-state index contributed by atoms with van der Waals surface area (Å²) in [4.78, 5) is 13.5. The molecule has 0 spiro atoms. The number of ether oxygens (including phenoxy) is 1. The maximum absolute atomic E-state index is 11.4. The highest BCUT2D eigenvalue weighted by atomic mass is 16.5. The van der Waals surface area contributed by atoms with Crippen molar-refractivity contribution in [2.45, 2.75) is 13.1 Å². The highest BCUT2D eigenvalue weighted by Gasteiger charge is 2.08. The van der Waals surface area contributed by atoms with Crippen LogP contribution in [0, 0.1) is 0 Å². The average molecular weight is 313 g/mol. The Labute approximate surface area is 137 Å². The number of amides is 1. The number of methoxy groups -OCH3 is 1. The average Bonchev–Trinajstić information content (AvgIpc) is 2.53. The van der Waals surface area contributed by atoms with E-state index in [1.54, 1.807) is 19.2 Å². The molecule has 0 saturated carbocycles. The van der Waals surface area contributed by atoms with Crippen molar-refractivity contribution >= 4 is 11.6 Å². The minimum absolute atomic E-state index is 0.425. The normalized spacial score (nSPS) is 10.6. The first-order valence-corrected chi connectivity index (χ1v) is 7.44. The Hall–Kier alpha value is -2.53. The van der Waals surface area contributed by atoms with Gasteiger partial charge in [0.15, 0.2) is 0 Å². The number of nitrogens with zero attached hydrogens (tertiary/aromatic N) is 1. The summed E-state index contributed by atoms with van der Waals surface area (Å²) in [6.45, 7) is 1.42. The second-order valence-corrected chi connectivity index (χ2v) is 5.68. The predicted octanol–water partition coefficient (Wildman–Crippen LogP) is 2.47. The molecule has 0 saturated heterocycles. The molecule has 0 heterocycles. The van der Waals surface area contributed by atoms with Crippen LogP contribution < -0.4 is 15.8 Å². The van der Waals surface area contributed by atoms with Crippen molar-refractivity contribution in [3.63, 3.8) is 0 Å². The van der Waals surface area contributed by atoms with E-state index in [0.29, 0.717) is 12.1 Å². The van der Waals surface area contributed by atoms with Crippen LogP contribution in [-0.2, 0) is 13.1 Å². The van der Waals surface area contributed by atoms with Crippen molar-refractivity contribution in [1.82, 2.24) is 4.90 Å². The molecule has 3 N–H and O–H groups in total. The van der Waals surface area contributed by atoms with E-state index in [2.05, 4.69) is 10.2 Å². The molecule has 1 amide bonds. The zero-order valence-electron chi connectivity index (χ0n) is 13.8. The summed E-state index contributed by atoms with van der Waals surface area (Å²) in [7, 11) is 5.67. The summed E-state index contributed by atoms with van der Waals surface area (Å²) >= 11 is 0. The molecule has 5 nitrogen and oxygen atoms in total. The highest BCUT2D eigenvalue weighted by molar-refractivity contribution is 5.94. The number of rotatable bonds is 7. The minimum atomic E-state index is -0.425. The number of anilines is 1. The van der Waals surface area contributed by atoms with Crippen molar-refractivity contribution in [2.75, 3.05) is 26.5 Å². The number of hydrogen-bond donors (Lipinski definition) is 2. The molecule has 0 fully saturated rings. The van der Waals surface area contributed by atoms with Crippen molar-refractivity contribution < 1.29 is 9.53 Å². The van der Waals surface area contributed by atoms with Crippen LogP contribution >= 0.6 is 0 Å². The fraction of sp³-hybridized carbons (Fsp3) is 0.278. The third-order valence-corrected chi connectivity index (χ3v) is 3.50. The third kappa shape index (κ3) is 4.72. The fourth-order valence-corrected chi connectivity index (χ4v) is 2.35. The Morgan fingerprint density at radius 2 is 2.00 bits per heavy atom. The molecule has 2 aromatic rings. The lowest BCUT2D eigenvalue weighted by molar-refractivity contribution is 0.100. The molecule has 0 bridgehead atoms. The van der Waals surface area contributed by atoms with Crippen molar-refractivity contribution in [3.05, 3.63) is 59.2 Å². The molecule has 0 aliphatic rings. The first-order chi connectivity index (χ1) is 11.0. The first-order valence-electron chi connectivity index (χ1n) is 7.44. The third-order valence-electron chi connectivity index (χ3n) is 3.50. The largest absolute Gasteiger partial charge is 0.497 e. The fourth-order valence-electron chi connectivity index (χ4n) is 2.35. The van der Waals surface area contributed by atoms with Crippen molar-refractivity contribution in [3.8, 4) is 5.75 Å². The second kappa shape index (κ2) is 7.65. The van der Waals surface area contributed by atoms with E-state index in [4.69, 9.17) is 10.5 Å². The molecular weight excluding hydrogens is 290 g/mol. The molecule has 0 aliphatic heterocycles. The maximum Gasteiger partial charge on any atom is 0.248 e. The number of nitrogens with one attached hydrogen (secondary N) is 1. The van der Waals surface area contributed by atoms with Gasteiger partial charge in [0.05, 0.1) is 7.11 Å². The number of nitrogens with two attached hydrogens (primary N) is 1.